The van der Waals surface area contributed by atoms with Gasteiger partial charge in [-0.1, -0.05) is 16.4 Å². The molecule has 0 aliphatic carbocycles. The van der Waals surface area contributed by atoms with Crippen molar-refractivity contribution in [2.45, 2.75) is 38.6 Å². The molecule has 0 spiro atoms. The van der Waals surface area contributed by atoms with Crippen LogP contribution in [0.25, 0.3) is 11.5 Å². The number of carbonyl (C=O) groups excluding carboxylic acids is 1. The summed E-state index contributed by atoms with van der Waals surface area (Å²) in [4.78, 5) is 23.0. The Bertz CT molecular complexity index is 889. The fraction of sp³-hybridized carbons (Fsp3) is 0.389. The van der Waals surface area contributed by atoms with Gasteiger partial charge in [-0.05, 0) is 31.9 Å². The largest absolute Gasteiger partial charge is 0.359 e. The Morgan fingerprint density at radius 3 is 3.00 bits per heavy atom. The second-order valence-electron chi connectivity index (χ2n) is 6.34. The van der Waals surface area contributed by atoms with Gasteiger partial charge < -0.3 is 13.9 Å². The number of aryl methyl sites for hydroxylation is 2. The molecule has 1 aliphatic heterocycles. The van der Waals surface area contributed by atoms with Gasteiger partial charge in [0.1, 0.15) is 5.69 Å². The van der Waals surface area contributed by atoms with Crippen molar-refractivity contribution < 1.29 is 13.8 Å². The molecule has 0 N–H and O–H groups in total. The zero-order valence-corrected chi connectivity index (χ0v) is 14.5. The highest BCUT2D eigenvalue weighted by molar-refractivity contribution is 5.77. The highest BCUT2D eigenvalue weighted by atomic mass is 16.5. The molecule has 0 saturated carbocycles. The van der Waals surface area contributed by atoms with Gasteiger partial charge in [0.25, 0.3) is 0 Å². The summed E-state index contributed by atoms with van der Waals surface area (Å²) < 4.78 is 10.6. The molecule has 1 atom stereocenters. The first kappa shape index (κ1) is 16.4. The maximum atomic E-state index is 12.6. The van der Waals surface area contributed by atoms with Gasteiger partial charge in [0.2, 0.25) is 17.6 Å². The number of hydrogen-bond donors (Lipinski definition) is 0. The molecule has 3 aromatic heterocycles. The lowest BCUT2D eigenvalue weighted by Crippen LogP contribution is -2.30. The first-order chi connectivity index (χ1) is 12.7. The number of aromatic nitrogens is 4. The molecule has 3 aromatic rings. The summed E-state index contributed by atoms with van der Waals surface area (Å²) in [5.41, 5.74) is 1.47. The average molecular weight is 353 g/mol. The van der Waals surface area contributed by atoms with E-state index in [0.717, 1.165) is 30.8 Å². The molecule has 1 amide bonds. The van der Waals surface area contributed by atoms with E-state index in [4.69, 9.17) is 9.05 Å². The summed E-state index contributed by atoms with van der Waals surface area (Å²) >= 11 is 0. The third-order valence-corrected chi connectivity index (χ3v) is 4.46. The Kier molecular flexibility index (Phi) is 4.47. The minimum Gasteiger partial charge on any atom is -0.359 e. The molecule has 4 rings (SSSR count). The van der Waals surface area contributed by atoms with E-state index < -0.39 is 0 Å². The monoisotopic (exact) mass is 353 g/mol. The van der Waals surface area contributed by atoms with Crippen molar-refractivity contribution in [1.29, 1.82) is 0 Å². The normalized spacial score (nSPS) is 17.0. The molecular weight excluding hydrogens is 334 g/mol. The number of nitrogens with zero attached hydrogens (tertiary/aromatic N) is 5. The molecule has 4 heterocycles. The van der Waals surface area contributed by atoms with Gasteiger partial charge in [0, 0.05) is 31.6 Å². The van der Waals surface area contributed by atoms with E-state index in [0.29, 0.717) is 30.3 Å². The van der Waals surface area contributed by atoms with Crippen molar-refractivity contribution >= 4 is 5.91 Å². The van der Waals surface area contributed by atoms with Gasteiger partial charge in [-0.3, -0.25) is 9.78 Å². The van der Waals surface area contributed by atoms with E-state index in [-0.39, 0.29) is 11.9 Å². The smallest absolute Gasteiger partial charge is 0.227 e. The number of amides is 1. The Morgan fingerprint density at radius 1 is 1.31 bits per heavy atom. The molecule has 0 radical (unpaired) electrons. The summed E-state index contributed by atoms with van der Waals surface area (Å²) in [6, 6.07) is 7.36. The van der Waals surface area contributed by atoms with Crippen molar-refractivity contribution in [2.24, 2.45) is 0 Å². The third-order valence-electron chi connectivity index (χ3n) is 4.46. The highest BCUT2D eigenvalue weighted by Crippen LogP contribution is 2.32. The van der Waals surface area contributed by atoms with Crippen LogP contribution in [0.1, 0.15) is 42.6 Å². The minimum atomic E-state index is -0.0320. The van der Waals surface area contributed by atoms with E-state index in [2.05, 4.69) is 20.3 Å². The van der Waals surface area contributed by atoms with Gasteiger partial charge >= 0.3 is 0 Å². The van der Waals surface area contributed by atoms with E-state index in [1.807, 2.05) is 36.1 Å². The predicted molar refractivity (Wildman–Crippen MR) is 90.8 cm³/mol. The van der Waals surface area contributed by atoms with Crippen LogP contribution < -0.4 is 0 Å². The lowest BCUT2D eigenvalue weighted by atomic mass is 10.1. The van der Waals surface area contributed by atoms with E-state index in [1.54, 1.807) is 6.20 Å². The van der Waals surface area contributed by atoms with Crippen molar-refractivity contribution in [3.05, 3.63) is 47.8 Å². The number of likely N-dealkylation sites (tertiary alicyclic amines) is 1. The van der Waals surface area contributed by atoms with Crippen LogP contribution >= 0.6 is 0 Å². The molecule has 1 saturated heterocycles. The zero-order valence-electron chi connectivity index (χ0n) is 14.5. The van der Waals surface area contributed by atoms with Crippen LogP contribution in [0.3, 0.4) is 0 Å². The van der Waals surface area contributed by atoms with Crippen LogP contribution in [0.2, 0.25) is 0 Å². The van der Waals surface area contributed by atoms with Crippen molar-refractivity contribution in [3.63, 3.8) is 0 Å². The molecule has 0 aromatic carbocycles. The van der Waals surface area contributed by atoms with Gasteiger partial charge in [0.15, 0.2) is 5.76 Å². The summed E-state index contributed by atoms with van der Waals surface area (Å²) in [5.74, 6) is 1.68. The molecule has 134 valence electrons. The maximum absolute atomic E-state index is 12.6. The van der Waals surface area contributed by atoms with Crippen LogP contribution in [0.15, 0.2) is 39.5 Å². The fourth-order valence-electron chi connectivity index (χ4n) is 3.21. The van der Waals surface area contributed by atoms with Crippen LogP contribution in [0.5, 0.6) is 0 Å². The minimum absolute atomic E-state index is 0.0320. The molecular formula is C18H19N5O3. The van der Waals surface area contributed by atoms with Gasteiger partial charge in [-0.15, -0.1) is 0 Å². The Hall–Kier alpha value is -3.03. The van der Waals surface area contributed by atoms with Gasteiger partial charge in [0.05, 0.1) is 11.7 Å². The van der Waals surface area contributed by atoms with Gasteiger partial charge in [-0.25, -0.2) is 0 Å². The molecule has 0 bridgehead atoms. The van der Waals surface area contributed by atoms with E-state index in [1.165, 1.54) is 0 Å². The summed E-state index contributed by atoms with van der Waals surface area (Å²) in [6.45, 7) is 2.61. The number of rotatable bonds is 5. The first-order valence-corrected chi connectivity index (χ1v) is 8.67. The van der Waals surface area contributed by atoms with Crippen LogP contribution in [0.4, 0.5) is 0 Å². The fourth-order valence-corrected chi connectivity index (χ4v) is 3.21. The van der Waals surface area contributed by atoms with Crippen LogP contribution in [-0.2, 0) is 11.2 Å². The number of pyridine rings is 1. The number of carbonyl (C=O) groups is 1. The second kappa shape index (κ2) is 7.07. The number of hydrogen-bond acceptors (Lipinski definition) is 7. The molecule has 0 unspecified atom stereocenters. The zero-order chi connectivity index (χ0) is 17.9. The average Bonchev–Trinajstić information content (AvgIpc) is 3.40. The molecule has 8 heteroatoms. The Morgan fingerprint density at radius 2 is 2.23 bits per heavy atom. The molecule has 1 fully saturated rings. The van der Waals surface area contributed by atoms with Crippen LogP contribution in [0, 0.1) is 6.92 Å². The molecule has 8 nitrogen and oxygen atoms in total. The topological polar surface area (TPSA) is 98.2 Å². The quantitative estimate of drug-likeness (QED) is 0.695. The van der Waals surface area contributed by atoms with Gasteiger partial charge in [-0.2, -0.15) is 4.98 Å². The highest BCUT2D eigenvalue weighted by Gasteiger charge is 2.32. The SMILES string of the molecule is Cc1cc([C@H]2CCCN2C(=O)CCc2nc(-c3ccccn3)no2)on1. The van der Waals surface area contributed by atoms with Crippen molar-refractivity contribution in [3.8, 4) is 11.5 Å². The lowest BCUT2D eigenvalue weighted by Gasteiger charge is -2.22. The lowest BCUT2D eigenvalue weighted by molar-refractivity contribution is -0.132. The van der Waals surface area contributed by atoms with Crippen LogP contribution in [-0.4, -0.2) is 37.6 Å². The first-order valence-electron chi connectivity index (χ1n) is 8.67. The predicted octanol–water partition coefficient (Wildman–Crippen LogP) is 2.72. The summed E-state index contributed by atoms with van der Waals surface area (Å²) in [5, 5.41) is 7.86. The third kappa shape index (κ3) is 3.35. The van der Waals surface area contributed by atoms with Crippen molar-refractivity contribution in [1.82, 2.24) is 25.2 Å². The maximum Gasteiger partial charge on any atom is 0.227 e. The molecule has 1 aliphatic rings. The Balaban J connectivity index is 1.39. The standard InChI is InChI=1S/C18H19N5O3/c1-12-11-15(25-21-12)14-6-4-10-23(14)17(24)8-7-16-20-18(22-26-16)13-5-2-3-9-19-13/h2-3,5,9,11,14H,4,6-8,10H2,1H3/t14-/m1/s1. The Labute approximate surface area is 150 Å². The van der Waals surface area contributed by atoms with Crippen molar-refractivity contribution in [2.75, 3.05) is 6.54 Å². The summed E-state index contributed by atoms with van der Waals surface area (Å²) in [6.07, 6.45) is 4.24. The second-order valence-corrected chi connectivity index (χ2v) is 6.34. The molecule has 26 heavy (non-hydrogen) atoms. The van der Waals surface area contributed by atoms with E-state index >= 15 is 0 Å². The van der Waals surface area contributed by atoms with E-state index in [9.17, 15) is 4.79 Å². The summed E-state index contributed by atoms with van der Waals surface area (Å²) in [7, 11) is 0.